The molecule has 1 fully saturated rings. The Morgan fingerprint density at radius 2 is 1.93 bits per heavy atom. The van der Waals surface area contributed by atoms with Gasteiger partial charge in [-0.2, -0.15) is 13.2 Å². The zero-order chi connectivity index (χ0) is 20.4. The molecule has 2 aliphatic rings. The molecule has 0 spiro atoms. The fraction of sp³-hybridized carbons (Fsp3) is 0.381. The molecule has 2 aromatic carbocycles. The van der Waals surface area contributed by atoms with Gasteiger partial charge in [-0.1, -0.05) is 23.9 Å². The lowest BCUT2D eigenvalue weighted by Crippen LogP contribution is -2.50. The lowest BCUT2D eigenvalue weighted by atomic mass is 10.1. The quantitative estimate of drug-likeness (QED) is 0.721. The van der Waals surface area contributed by atoms with Crippen LogP contribution in [0.5, 0.6) is 0 Å². The number of carbonyl (C=O) groups excluding carboxylic acids is 1. The summed E-state index contributed by atoms with van der Waals surface area (Å²) in [5.41, 5.74) is 0.890. The highest BCUT2D eigenvalue weighted by molar-refractivity contribution is 7.99. The fourth-order valence-electron chi connectivity index (χ4n) is 3.91. The lowest BCUT2D eigenvalue weighted by molar-refractivity contribution is -0.137. The van der Waals surface area contributed by atoms with E-state index >= 15 is 0 Å². The largest absolute Gasteiger partial charge is 0.416 e. The summed E-state index contributed by atoms with van der Waals surface area (Å²) in [5.74, 6) is 0. The van der Waals surface area contributed by atoms with E-state index in [1.807, 2.05) is 34.1 Å². The van der Waals surface area contributed by atoms with Crippen molar-refractivity contribution in [1.82, 2.24) is 10.2 Å². The molecular formula is C21H22F3N3OS. The first-order chi connectivity index (χ1) is 14.0. The van der Waals surface area contributed by atoms with Crippen LogP contribution in [0.4, 0.5) is 24.5 Å². The van der Waals surface area contributed by atoms with Gasteiger partial charge in [-0.3, -0.25) is 4.79 Å². The van der Waals surface area contributed by atoms with Gasteiger partial charge in [-0.15, -0.1) is 0 Å². The normalized spacial score (nSPS) is 18.9. The zero-order valence-corrected chi connectivity index (χ0v) is 16.6. The maximum Gasteiger partial charge on any atom is 0.416 e. The molecule has 0 bridgehead atoms. The van der Waals surface area contributed by atoms with Crippen molar-refractivity contribution in [3.05, 3.63) is 48.0 Å². The molecule has 1 atom stereocenters. The second-order valence-corrected chi connectivity index (χ2v) is 8.33. The number of nitrogens with zero attached hydrogens (tertiary/aromatic N) is 2. The minimum absolute atomic E-state index is 0.122. The molecule has 29 heavy (non-hydrogen) atoms. The van der Waals surface area contributed by atoms with Crippen LogP contribution in [0.3, 0.4) is 0 Å². The Labute approximate surface area is 172 Å². The highest BCUT2D eigenvalue weighted by atomic mass is 32.2. The standard InChI is InChI=1S/C21H22F3N3OS/c22-21(23,24)15-7-8-20-18(12-15)27(17-5-1-2-6-19(17)29-20)10-3-4-16-13-25-9-11-26(16)14-28/h1-2,5-8,12,14,16,25H,3-4,9-11,13H2. The second kappa shape index (κ2) is 8.28. The van der Waals surface area contributed by atoms with Crippen molar-refractivity contribution in [2.45, 2.75) is 34.9 Å². The molecule has 8 heteroatoms. The summed E-state index contributed by atoms with van der Waals surface area (Å²) in [6, 6.07) is 11.9. The van der Waals surface area contributed by atoms with Gasteiger partial charge in [0.2, 0.25) is 6.41 Å². The molecule has 1 unspecified atom stereocenters. The average molecular weight is 421 g/mol. The van der Waals surface area contributed by atoms with Gasteiger partial charge in [-0.05, 0) is 43.2 Å². The van der Waals surface area contributed by atoms with Crippen LogP contribution in [-0.4, -0.2) is 43.5 Å². The predicted octanol–water partition coefficient (Wildman–Crippen LogP) is 4.52. The molecule has 0 aliphatic carbocycles. The first-order valence-electron chi connectivity index (χ1n) is 9.65. The van der Waals surface area contributed by atoms with Gasteiger partial charge >= 0.3 is 6.18 Å². The Morgan fingerprint density at radius 3 is 2.72 bits per heavy atom. The maximum atomic E-state index is 13.3. The number of nitrogens with one attached hydrogen (secondary N) is 1. The number of hydrogen-bond donors (Lipinski definition) is 1. The van der Waals surface area contributed by atoms with E-state index in [1.54, 1.807) is 6.07 Å². The number of hydrogen-bond acceptors (Lipinski definition) is 4. The van der Waals surface area contributed by atoms with E-state index in [1.165, 1.54) is 17.8 Å². The SMILES string of the molecule is O=CN1CCNCC1CCCN1c2ccccc2Sc2ccc(C(F)(F)F)cc21. The predicted molar refractivity (Wildman–Crippen MR) is 108 cm³/mol. The molecule has 1 N–H and O–H groups in total. The third kappa shape index (κ3) is 4.23. The van der Waals surface area contributed by atoms with Crippen molar-refractivity contribution in [1.29, 1.82) is 0 Å². The Hall–Kier alpha value is -2.19. The van der Waals surface area contributed by atoms with E-state index in [0.29, 0.717) is 18.8 Å². The van der Waals surface area contributed by atoms with Gasteiger partial charge in [0.25, 0.3) is 0 Å². The Morgan fingerprint density at radius 1 is 1.14 bits per heavy atom. The number of alkyl halides is 3. The number of rotatable bonds is 5. The number of amides is 1. The summed E-state index contributed by atoms with van der Waals surface area (Å²) in [5, 5.41) is 3.30. The molecule has 1 amide bonds. The maximum absolute atomic E-state index is 13.3. The van der Waals surface area contributed by atoms with Gasteiger partial charge in [0.05, 0.1) is 16.9 Å². The average Bonchev–Trinajstić information content (AvgIpc) is 2.72. The van der Waals surface area contributed by atoms with E-state index in [9.17, 15) is 18.0 Å². The molecule has 2 aromatic rings. The minimum atomic E-state index is -4.37. The number of piperazine rings is 1. The molecule has 1 saturated heterocycles. The van der Waals surface area contributed by atoms with Crippen LogP contribution in [-0.2, 0) is 11.0 Å². The van der Waals surface area contributed by atoms with Crippen molar-refractivity contribution in [3.63, 3.8) is 0 Å². The van der Waals surface area contributed by atoms with Gasteiger partial charge in [-0.25, -0.2) is 0 Å². The summed E-state index contributed by atoms with van der Waals surface area (Å²) in [4.78, 5) is 16.9. The molecule has 2 aliphatic heterocycles. The smallest absolute Gasteiger partial charge is 0.340 e. The molecular weight excluding hydrogens is 399 g/mol. The van der Waals surface area contributed by atoms with Gasteiger partial charge in [0.1, 0.15) is 0 Å². The topological polar surface area (TPSA) is 35.6 Å². The third-order valence-corrected chi connectivity index (χ3v) is 6.53. The van der Waals surface area contributed by atoms with Gasteiger partial charge < -0.3 is 15.1 Å². The summed E-state index contributed by atoms with van der Waals surface area (Å²) < 4.78 is 39.9. The molecule has 0 aromatic heterocycles. The van der Waals surface area contributed by atoms with Crippen molar-refractivity contribution < 1.29 is 18.0 Å². The van der Waals surface area contributed by atoms with Gasteiger partial charge in [0, 0.05) is 42.0 Å². The van der Waals surface area contributed by atoms with Crippen LogP contribution >= 0.6 is 11.8 Å². The van der Waals surface area contributed by atoms with Crippen LogP contribution in [0.15, 0.2) is 52.3 Å². The highest BCUT2D eigenvalue weighted by Gasteiger charge is 2.33. The monoisotopic (exact) mass is 421 g/mol. The Balaban J connectivity index is 1.57. The molecule has 4 nitrogen and oxygen atoms in total. The van der Waals surface area contributed by atoms with E-state index in [4.69, 9.17) is 0 Å². The minimum Gasteiger partial charge on any atom is -0.340 e. The van der Waals surface area contributed by atoms with Crippen molar-refractivity contribution >= 4 is 29.5 Å². The number of anilines is 2. The molecule has 2 heterocycles. The number of fused-ring (bicyclic) bond motifs is 2. The molecule has 4 rings (SSSR count). The van der Waals surface area contributed by atoms with Crippen molar-refractivity contribution in [2.75, 3.05) is 31.1 Å². The van der Waals surface area contributed by atoms with Crippen LogP contribution in [0.25, 0.3) is 0 Å². The Kier molecular flexibility index (Phi) is 5.74. The number of benzene rings is 2. The fourth-order valence-corrected chi connectivity index (χ4v) is 4.99. The summed E-state index contributed by atoms with van der Waals surface area (Å²) in [6.45, 7) is 2.82. The van der Waals surface area contributed by atoms with Gasteiger partial charge in [0.15, 0.2) is 0 Å². The number of halogens is 3. The third-order valence-electron chi connectivity index (χ3n) is 5.40. The van der Waals surface area contributed by atoms with Crippen molar-refractivity contribution in [3.8, 4) is 0 Å². The van der Waals surface area contributed by atoms with E-state index in [0.717, 1.165) is 53.9 Å². The zero-order valence-electron chi connectivity index (χ0n) is 15.8. The summed E-state index contributed by atoms with van der Waals surface area (Å²) >= 11 is 1.50. The molecule has 0 radical (unpaired) electrons. The first-order valence-corrected chi connectivity index (χ1v) is 10.5. The van der Waals surface area contributed by atoms with E-state index in [-0.39, 0.29) is 6.04 Å². The van der Waals surface area contributed by atoms with Crippen LogP contribution in [0, 0.1) is 0 Å². The van der Waals surface area contributed by atoms with Crippen LogP contribution in [0.1, 0.15) is 18.4 Å². The highest BCUT2D eigenvalue weighted by Crippen LogP contribution is 2.49. The summed E-state index contributed by atoms with van der Waals surface area (Å²) in [6.07, 6.45) is -1.92. The van der Waals surface area contributed by atoms with Crippen molar-refractivity contribution in [2.24, 2.45) is 0 Å². The number of carbonyl (C=O) groups is 1. The lowest BCUT2D eigenvalue weighted by Gasteiger charge is -2.36. The summed E-state index contributed by atoms with van der Waals surface area (Å²) in [7, 11) is 0. The van der Waals surface area contributed by atoms with E-state index in [2.05, 4.69) is 5.32 Å². The van der Waals surface area contributed by atoms with Crippen LogP contribution < -0.4 is 10.2 Å². The number of para-hydroxylation sites is 1. The Bertz CT molecular complexity index is 890. The first kappa shape index (κ1) is 20.1. The second-order valence-electron chi connectivity index (χ2n) is 7.25. The molecule has 0 saturated carbocycles. The molecule has 154 valence electrons. The van der Waals surface area contributed by atoms with Crippen LogP contribution in [0.2, 0.25) is 0 Å². The van der Waals surface area contributed by atoms with E-state index < -0.39 is 11.7 Å².